The number of nitrogens with one attached hydrogen (secondary N) is 1. The Morgan fingerprint density at radius 3 is 2.43 bits per heavy atom. The molecule has 146 valence electrons. The van der Waals surface area contributed by atoms with Crippen molar-refractivity contribution in [1.82, 2.24) is 20.2 Å². The molecule has 1 unspecified atom stereocenters. The summed E-state index contributed by atoms with van der Waals surface area (Å²) in [5.74, 6) is -0.0355. The molecule has 0 fully saturated rings. The SMILES string of the molecule is CC(C)C(C(=O)Nc1cccc(S(C)(=O)=O)c1)n1nnc(-c2ccccc2)n1. The predicted molar refractivity (Wildman–Crippen MR) is 105 cm³/mol. The third kappa shape index (κ3) is 4.42. The molecule has 1 N–H and O–H groups in total. The molecule has 0 aliphatic rings. The summed E-state index contributed by atoms with van der Waals surface area (Å²) in [6.45, 7) is 3.76. The van der Waals surface area contributed by atoms with Gasteiger partial charge in [0.2, 0.25) is 5.82 Å². The van der Waals surface area contributed by atoms with Gasteiger partial charge in [0, 0.05) is 17.5 Å². The van der Waals surface area contributed by atoms with Crippen molar-refractivity contribution < 1.29 is 13.2 Å². The Morgan fingerprint density at radius 1 is 1.07 bits per heavy atom. The third-order valence-corrected chi connectivity index (χ3v) is 5.25. The van der Waals surface area contributed by atoms with Gasteiger partial charge in [0.15, 0.2) is 15.9 Å². The molecule has 1 amide bonds. The first-order valence-electron chi connectivity index (χ1n) is 8.71. The summed E-state index contributed by atoms with van der Waals surface area (Å²) in [5.41, 5.74) is 1.19. The molecule has 28 heavy (non-hydrogen) atoms. The fourth-order valence-electron chi connectivity index (χ4n) is 2.74. The van der Waals surface area contributed by atoms with Gasteiger partial charge in [-0.05, 0) is 29.3 Å². The average Bonchev–Trinajstić information content (AvgIpc) is 3.11. The summed E-state index contributed by atoms with van der Waals surface area (Å²) in [5, 5.41) is 15.2. The molecule has 0 radical (unpaired) electrons. The number of hydrogen-bond donors (Lipinski definition) is 1. The zero-order valence-electron chi connectivity index (χ0n) is 15.8. The first kappa shape index (κ1) is 19.7. The van der Waals surface area contributed by atoms with Crippen molar-refractivity contribution in [3.05, 3.63) is 54.6 Å². The Balaban J connectivity index is 1.85. The zero-order chi connectivity index (χ0) is 20.3. The van der Waals surface area contributed by atoms with Crippen molar-refractivity contribution in [3.8, 4) is 11.4 Å². The molecule has 0 saturated heterocycles. The van der Waals surface area contributed by atoms with E-state index >= 15 is 0 Å². The molecule has 1 atom stereocenters. The highest BCUT2D eigenvalue weighted by atomic mass is 32.2. The minimum Gasteiger partial charge on any atom is -0.324 e. The number of rotatable bonds is 6. The molecule has 2 aromatic carbocycles. The molecule has 0 saturated carbocycles. The van der Waals surface area contributed by atoms with Gasteiger partial charge in [-0.2, -0.15) is 4.80 Å². The molecular weight excluding hydrogens is 378 g/mol. The van der Waals surface area contributed by atoms with Crippen LogP contribution >= 0.6 is 0 Å². The quantitative estimate of drug-likeness (QED) is 0.683. The Hall–Kier alpha value is -3.07. The number of carbonyl (C=O) groups is 1. The van der Waals surface area contributed by atoms with E-state index in [9.17, 15) is 13.2 Å². The number of aromatic nitrogens is 4. The highest BCUT2D eigenvalue weighted by Crippen LogP contribution is 2.22. The normalized spacial score (nSPS) is 12.7. The van der Waals surface area contributed by atoms with Crippen LogP contribution in [0.5, 0.6) is 0 Å². The highest BCUT2D eigenvalue weighted by Gasteiger charge is 2.27. The lowest BCUT2D eigenvalue weighted by atomic mass is 10.0. The van der Waals surface area contributed by atoms with Gasteiger partial charge in [0.25, 0.3) is 5.91 Å². The second-order valence-electron chi connectivity index (χ2n) is 6.78. The Morgan fingerprint density at radius 2 is 1.79 bits per heavy atom. The van der Waals surface area contributed by atoms with E-state index < -0.39 is 15.9 Å². The number of hydrogen-bond acceptors (Lipinski definition) is 6. The van der Waals surface area contributed by atoms with Gasteiger partial charge in [-0.3, -0.25) is 4.79 Å². The van der Waals surface area contributed by atoms with Crippen LogP contribution in [0, 0.1) is 5.92 Å². The first-order chi connectivity index (χ1) is 13.3. The summed E-state index contributed by atoms with van der Waals surface area (Å²) in [6, 6.07) is 14.8. The van der Waals surface area contributed by atoms with E-state index in [4.69, 9.17) is 0 Å². The lowest BCUT2D eigenvalue weighted by molar-refractivity contribution is -0.121. The molecule has 3 aromatic rings. The number of tetrazole rings is 1. The van der Waals surface area contributed by atoms with Crippen LogP contribution in [0.2, 0.25) is 0 Å². The lowest BCUT2D eigenvalue weighted by Crippen LogP contribution is -2.31. The number of nitrogens with zero attached hydrogens (tertiary/aromatic N) is 4. The minimum atomic E-state index is -3.37. The van der Waals surface area contributed by atoms with Crippen molar-refractivity contribution in [3.63, 3.8) is 0 Å². The average molecular weight is 399 g/mol. The lowest BCUT2D eigenvalue weighted by Gasteiger charge is -2.19. The zero-order valence-corrected chi connectivity index (χ0v) is 16.6. The second kappa shape index (κ2) is 7.89. The summed E-state index contributed by atoms with van der Waals surface area (Å²) in [4.78, 5) is 14.3. The van der Waals surface area contributed by atoms with Crippen molar-refractivity contribution in [1.29, 1.82) is 0 Å². The van der Waals surface area contributed by atoms with E-state index in [2.05, 4.69) is 20.7 Å². The molecular formula is C19H21N5O3S. The van der Waals surface area contributed by atoms with E-state index in [1.165, 1.54) is 16.9 Å². The number of carbonyl (C=O) groups excluding carboxylic acids is 1. The Bertz CT molecular complexity index is 1080. The van der Waals surface area contributed by atoms with Gasteiger partial charge in [0.1, 0.15) is 0 Å². The van der Waals surface area contributed by atoms with Gasteiger partial charge in [-0.15, -0.1) is 10.2 Å². The van der Waals surface area contributed by atoms with Gasteiger partial charge in [-0.25, -0.2) is 8.42 Å². The largest absolute Gasteiger partial charge is 0.324 e. The van der Waals surface area contributed by atoms with Crippen LogP contribution in [0.15, 0.2) is 59.5 Å². The molecule has 8 nitrogen and oxygen atoms in total. The predicted octanol–water partition coefficient (Wildman–Crippen LogP) is 2.58. The molecule has 0 aliphatic heterocycles. The Kier molecular flexibility index (Phi) is 5.55. The van der Waals surface area contributed by atoms with Crippen molar-refractivity contribution in [2.75, 3.05) is 11.6 Å². The maximum Gasteiger partial charge on any atom is 0.251 e. The molecule has 0 aliphatic carbocycles. The van der Waals surface area contributed by atoms with Gasteiger partial charge >= 0.3 is 0 Å². The van der Waals surface area contributed by atoms with Crippen LogP contribution < -0.4 is 5.32 Å². The monoisotopic (exact) mass is 399 g/mol. The maximum atomic E-state index is 12.9. The minimum absolute atomic E-state index is 0.115. The van der Waals surface area contributed by atoms with Crippen molar-refractivity contribution in [2.24, 2.45) is 5.92 Å². The number of anilines is 1. The summed E-state index contributed by atoms with van der Waals surface area (Å²) in [6.07, 6.45) is 1.12. The van der Waals surface area contributed by atoms with Crippen molar-refractivity contribution >= 4 is 21.4 Å². The van der Waals surface area contributed by atoms with E-state index in [1.54, 1.807) is 12.1 Å². The van der Waals surface area contributed by atoms with Gasteiger partial charge in [0.05, 0.1) is 4.90 Å². The molecule has 0 spiro atoms. The standard InChI is InChI=1S/C19H21N5O3S/c1-13(2)17(24-22-18(21-23-24)14-8-5-4-6-9-14)19(25)20-15-10-7-11-16(12-15)28(3,26)27/h4-13,17H,1-3H3,(H,20,25). The summed E-state index contributed by atoms with van der Waals surface area (Å²) < 4.78 is 23.5. The van der Waals surface area contributed by atoms with E-state index in [0.717, 1.165) is 11.8 Å². The van der Waals surface area contributed by atoms with E-state index in [1.807, 2.05) is 44.2 Å². The third-order valence-electron chi connectivity index (χ3n) is 4.14. The van der Waals surface area contributed by atoms with Crippen LogP contribution in [0.4, 0.5) is 5.69 Å². The van der Waals surface area contributed by atoms with Crippen LogP contribution in [0.3, 0.4) is 0 Å². The van der Waals surface area contributed by atoms with Crippen molar-refractivity contribution in [2.45, 2.75) is 24.8 Å². The molecule has 3 rings (SSSR count). The molecule has 0 bridgehead atoms. The van der Waals surface area contributed by atoms with Crippen LogP contribution in [0.1, 0.15) is 19.9 Å². The molecule has 1 aromatic heterocycles. The van der Waals surface area contributed by atoms with Crippen LogP contribution in [-0.2, 0) is 14.6 Å². The van der Waals surface area contributed by atoms with E-state index in [0.29, 0.717) is 11.5 Å². The number of amides is 1. The number of benzene rings is 2. The molecule has 9 heteroatoms. The van der Waals surface area contributed by atoms with Gasteiger partial charge < -0.3 is 5.32 Å². The van der Waals surface area contributed by atoms with Crippen LogP contribution in [0.25, 0.3) is 11.4 Å². The Labute approximate surface area is 163 Å². The first-order valence-corrected chi connectivity index (χ1v) is 10.6. The second-order valence-corrected chi connectivity index (χ2v) is 8.79. The fourth-order valence-corrected chi connectivity index (χ4v) is 3.41. The number of sulfone groups is 1. The fraction of sp³-hybridized carbons (Fsp3) is 0.263. The van der Waals surface area contributed by atoms with Crippen LogP contribution in [-0.4, -0.2) is 40.8 Å². The molecule has 1 heterocycles. The summed E-state index contributed by atoms with van der Waals surface area (Å²) in [7, 11) is -3.37. The highest BCUT2D eigenvalue weighted by molar-refractivity contribution is 7.90. The maximum absolute atomic E-state index is 12.9. The topological polar surface area (TPSA) is 107 Å². The smallest absolute Gasteiger partial charge is 0.251 e. The van der Waals surface area contributed by atoms with E-state index in [-0.39, 0.29) is 16.7 Å². The van der Waals surface area contributed by atoms with Gasteiger partial charge in [-0.1, -0.05) is 50.2 Å². The summed E-state index contributed by atoms with van der Waals surface area (Å²) >= 11 is 0.